The minimum absolute atomic E-state index is 0.333. The summed E-state index contributed by atoms with van der Waals surface area (Å²) in [6.07, 6.45) is 2.89. The summed E-state index contributed by atoms with van der Waals surface area (Å²) in [6.45, 7) is 13.8. The number of hydrogen-bond donors (Lipinski definition) is 1. The van der Waals surface area contributed by atoms with E-state index < -0.39 is 0 Å². The first-order valence-corrected chi connectivity index (χ1v) is 6.71. The van der Waals surface area contributed by atoms with Crippen molar-refractivity contribution in [2.24, 2.45) is 5.73 Å². The van der Waals surface area contributed by atoms with Crippen molar-refractivity contribution in [1.29, 1.82) is 0 Å². The molecule has 0 heterocycles. The summed E-state index contributed by atoms with van der Waals surface area (Å²) in [5.41, 5.74) is 7.72. The molecule has 1 aromatic carbocycles. The Bertz CT molecular complexity index is 303. The van der Waals surface area contributed by atoms with Crippen LogP contribution in [-0.4, -0.2) is 13.1 Å². The van der Waals surface area contributed by atoms with E-state index in [1.165, 1.54) is 11.3 Å². The Morgan fingerprint density at radius 3 is 2.11 bits per heavy atom. The van der Waals surface area contributed by atoms with Gasteiger partial charge in [0.05, 0.1) is 0 Å². The largest absolute Gasteiger partial charge is 0.351 e. The summed E-state index contributed by atoms with van der Waals surface area (Å²) in [7, 11) is 2.02. The number of nitrogens with zero attached hydrogens (tertiary/aromatic N) is 1. The first-order chi connectivity index (χ1) is 8.52. The highest BCUT2D eigenvalue weighted by Gasteiger charge is 2.00. The lowest BCUT2D eigenvalue weighted by Gasteiger charge is -2.16. The van der Waals surface area contributed by atoms with Gasteiger partial charge in [0.1, 0.15) is 0 Å². The summed E-state index contributed by atoms with van der Waals surface area (Å²) in [5, 5.41) is 0. The SMILES string of the molecule is C=CN(C)c1ccccc1CC.CC.CC(C)N. The lowest BCUT2D eigenvalue weighted by molar-refractivity contribution is 0.834. The second-order valence-corrected chi connectivity index (χ2v) is 4.02. The third-order valence-electron chi connectivity index (χ3n) is 2.03. The minimum Gasteiger partial charge on any atom is -0.351 e. The molecule has 0 aliphatic heterocycles. The molecule has 0 atom stereocenters. The van der Waals surface area contributed by atoms with Crippen molar-refractivity contribution in [2.75, 3.05) is 11.9 Å². The van der Waals surface area contributed by atoms with E-state index in [0.29, 0.717) is 6.04 Å². The smallest absolute Gasteiger partial charge is 0.0435 e. The Morgan fingerprint density at radius 2 is 1.72 bits per heavy atom. The van der Waals surface area contributed by atoms with Crippen molar-refractivity contribution in [3.63, 3.8) is 0 Å². The Hall–Kier alpha value is -1.28. The van der Waals surface area contributed by atoms with Crippen LogP contribution in [0.2, 0.25) is 0 Å². The van der Waals surface area contributed by atoms with Gasteiger partial charge in [-0.3, -0.25) is 0 Å². The van der Waals surface area contributed by atoms with Gasteiger partial charge in [0.15, 0.2) is 0 Å². The van der Waals surface area contributed by atoms with Crippen LogP contribution in [0.15, 0.2) is 37.0 Å². The van der Waals surface area contributed by atoms with Gasteiger partial charge in [-0.05, 0) is 30.3 Å². The highest BCUT2D eigenvalue weighted by Crippen LogP contribution is 2.19. The molecule has 104 valence electrons. The van der Waals surface area contributed by atoms with Gasteiger partial charge in [-0.15, -0.1) is 0 Å². The molecule has 0 aliphatic rings. The van der Waals surface area contributed by atoms with E-state index in [9.17, 15) is 0 Å². The van der Waals surface area contributed by atoms with E-state index >= 15 is 0 Å². The third-order valence-corrected chi connectivity index (χ3v) is 2.03. The molecule has 0 aliphatic carbocycles. The van der Waals surface area contributed by atoms with Crippen LogP contribution in [0.1, 0.15) is 40.2 Å². The average molecular weight is 250 g/mol. The van der Waals surface area contributed by atoms with Crippen LogP contribution in [-0.2, 0) is 6.42 Å². The lowest BCUT2D eigenvalue weighted by atomic mass is 10.1. The molecule has 0 fully saturated rings. The van der Waals surface area contributed by atoms with Crippen LogP contribution in [0, 0.1) is 0 Å². The van der Waals surface area contributed by atoms with Gasteiger partial charge < -0.3 is 10.6 Å². The molecule has 0 amide bonds. The monoisotopic (exact) mass is 250 g/mol. The average Bonchev–Trinajstić information content (AvgIpc) is 2.39. The van der Waals surface area contributed by atoms with Crippen molar-refractivity contribution >= 4 is 5.69 Å². The predicted molar refractivity (Wildman–Crippen MR) is 85.1 cm³/mol. The number of nitrogens with two attached hydrogens (primary N) is 1. The molecule has 0 radical (unpaired) electrons. The van der Waals surface area contributed by atoms with Crippen LogP contribution in [0.25, 0.3) is 0 Å². The molecule has 0 saturated heterocycles. The van der Waals surface area contributed by atoms with E-state index in [4.69, 9.17) is 5.73 Å². The standard InChI is InChI=1S/C11H15N.C3H9N.C2H6/c1-4-10-8-6-7-9-11(10)12(3)5-2;1-3(2)4;1-2/h5-9H,2,4H2,1,3H3;3H,4H2,1-2H3;1-2H3. The molecular weight excluding hydrogens is 220 g/mol. The van der Waals surface area contributed by atoms with Gasteiger partial charge in [-0.2, -0.15) is 0 Å². The summed E-state index contributed by atoms with van der Waals surface area (Å²) in [4.78, 5) is 2.04. The first kappa shape index (κ1) is 19.1. The second kappa shape index (κ2) is 12.2. The van der Waals surface area contributed by atoms with Gasteiger partial charge in [0.2, 0.25) is 0 Å². The molecule has 2 heteroatoms. The highest BCUT2D eigenvalue weighted by molar-refractivity contribution is 5.54. The molecular formula is C16H30N2. The van der Waals surface area contributed by atoms with Crippen LogP contribution >= 0.6 is 0 Å². The van der Waals surface area contributed by atoms with Gasteiger partial charge in [0, 0.05) is 12.7 Å². The molecule has 0 aromatic heterocycles. The maximum atomic E-state index is 5.11. The van der Waals surface area contributed by atoms with E-state index in [0.717, 1.165) is 6.42 Å². The maximum Gasteiger partial charge on any atom is 0.0435 e. The zero-order valence-corrected chi connectivity index (χ0v) is 12.9. The maximum absolute atomic E-state index is 5.11. The Labute approximate surface area is 114 Å². The number of benzene rings is 1. The van der Waals surface area contributed by atoms with Gasteiger partial charge in [-0.25, -0.2) is 0 Å². The Balaban J connectivity index is 0. The fourth-order valence-corrected chi connectivity index (χ4v) is 1.25. The normalized spacial score (nSPS) is 8.67. The molecule has 0 spiro atoms. The molecule has 0 bridgehead atoms. The first-order valence-electron chi connectivity index (χ1n) is 6.71. The zero-order chi connectivity index (χ0) is 14.6. The van der Waals surface area contributed by atoms with Crippen LogP contribution < -0.4 is 10.6 Å². The van der Waals surface area contributed by atoms with Crippen LogP contribution in [0.3, 0.4) is 0 Å². The predicted octanol–water partition coefficient (Wildman–Crippen LogP) is 4.21. The van der Waals surface area contributed by atoms with Crippen molar-refractivity contribution in [3.8, 4) is 0 Å². The highest BCUT2D eigenvalue weighted by atomic mass is 15.1. The molecule has 1 aromatic rings. The Kier molecular flexibility index (Phi) is 12.9. The molecule has 0 saturated carbocycles. The van der Waals surface area contributed by atoms with Crippen molar-refractivity contribution in [3.05, 3.63) is 42.6 Å². The number of para-hydroxylation sites is 1. The van der Waals surface area contributed by atoms with Gasteiger partial charge in [0.25, 0.3) is 0 Å². The van der Waals surface area contributed by atoms with E-state index in [2.05, 4.69) is 37.8 Å². The number of anilines is 1. The van der Waals surface area contributed by atoms with Gasteiger partial charge in [-0.1, -0.05) is 59.4 Å². The minimum atomic E-state index is 0.333. The zero-order valence-electron chi connectivity index (χ0n) is 12.9. The topological polar surface area (TPSA) is 29.3 Å². The van der Waals surface area contributed by atoms with E-state index in [1.807, 2.05) is 45.8 Å². The fraction of sp³-hybridized carbons (Fsp3) is 0.500. The van der Waals surface area contributed by atoms with Crippen molar-refractivity contribution < 1.29 is 0 Å². The van der Waals surface area contributed by atoms with Crippen molar-refractivity contribution in [1.82, 2.24) is 0 Å². The summed E-state index contributed by atoms with van der Waals surface area (Å²) in [6, 6.07) is 8.71. The van der Waals surface area contributed by atoms with Crippen LogP contribution in [0.4, 0.5) is 5.69 Å². The van der Waals surface area contributed by atoms with Crippen LogP contribution in [0.5, 0.6) is 0 Å². The number of hydrogen-bond acceptors (Lipinski definition) is 2. The fourth-order valence-electron chi connectivity index (χ4n) is 1.25. The molecule has 1 rings (SSSR count). The number of rotatable bonds is 3. The number of aryl methyl sites for hydroxylation is 1. The summed E-state index contributed by atoms with van der Waals surface area (Å²) < 4.78 is 0. The molecule has 2 nitrogen and oxygen atoms in total. The molecule has 0 unspecified atom stereocenters. The second-order valence-electron chi connectivity index (χ2n) is 4.02. The quantitative estimate of drug-likeness (QED) is 0.870. The molecule has 2 N–H and O–H groups in total. The van der Waals surface area contributed by atoms with E-state index in [-0.39, 0.29) is 0 Å². The van der Waals surface area contributed by atoms with Gasteiger partial charge >= 0.3 is 0 Å². The van der Waals surface area contributed by atoms with E-state index in [1.54, 1.807) is 0 Å². The third kappa shape index (κ3) is 8.82. The molecule has 18 heavy (non-hydrogen) atoms. The summed E-state index contributed by atoms with van der Waals surface area (Å²) in [5.74, 6) is 0. The lowest BCUT2D eigenvalue weighted by Crippen LogP contribution is -2.09. The van der Waals surface area contributed by atoms with Crippen molar-refractivity contribution in [2.45, 2.75) is 47.1 Å². The summed E-state index contributed by atoms with van der Waals surface area (Å²) >= 11 is 0. The Morgan fingerprint density at radius 1 is 1.28 bits per heavy atom.